The number of hydrogen-bond acceptors (Lipinski definition) is 3. The van der Waals surface area contributed by atoms with Crippen molar-refractivity contribution < 1.29 is 12.8 Å². The summed E-state index contributed by atoms with van der Waals surface area (Å²) in [5, 5.41) is 0. The van der Waals surface area contributed by atoms with Gasteiger partial charge in [0.2, 0.25) is 0 Å². The van der Waals surface area contributed by atoms with Crippen molar-refractivity contribution in [1.29, 1.82) is 0 Å². The zero-order chi connectivity index (χ0) is 10.0. The zero-order valence-corrected chi connectivity index (χ0v) is 9.77. The molecule has 76 valence electrons. The minimum absolute atomic E-state index is 0.129. The average molecular weight is 277 g/mol. The third-order valence-electron chi connectivity index (χ3n) is 3.29. The highest BCUT2D eigenvalue weighted by Crippen LogP contribution is 2.70. The maximum atomic E-state index is 12.1. The van der Waals surface area contributed by atoms with Gasteiger partial charge in [-0.05, 0) is 25.3 Å². The molecule has 0 atom stereocenters. The zero-order valence-electron chi connectivity index (χ0n) is 7.36. The molecule has 0 unspecified atom stereocenters. The lowest BCUT2D eigenvalue weighted by Crippen LogP contribution is -2.71. The predicted octanol–water partition coefficient (Wildman–Crippen LogP) is 2.12. The van der Waals surface area contributed by atoms with Gasteiger partial charge >= 0.3 is 0 Å². The van der Waals surface area contributed by atoms with Gasteiger partial charge in [-0.2, -0.15) is 0 Å². The van der Waals surface area contributed by atoms with Gasteiger partial charge in [0.25, 0.3) is 0 Å². The Balaban J connectivity index is 2.01. The molecule has 0 N–H and O–H groups in total. The molecule has 3 aliphatic carbocycles. The SMILES string of the molecule is O=S(=O)(c1ccoc1)C12CC(Br)(C1)C2. The second kappa shape index (κ2) is 2.27. The van der Waals surface area contributed by atoms with Crippen molar-refractivity contribution in [3.8, 4) is 0 Å². The van der Waals surface area contributed by atoms with E-state index in [-0.39, 0.29) is 4.32 Å². The highest BCUT2D eigenvalue weighted by molar-refractivity contribution is 9.10. The van der Waals surface area contributed by atoms with E-state index in [0.29, 0.717) is 4.90 Å². The van der Waals surface area contributed by atoms with Gasteiger partial charge in [0.05, 0.1) is 11.0 Å². The second-order valence-corrected chi connectivity index (χ2v) is 8.35. The quantitative estimate of drug-likeness (QED) is 0.778. The minimum Gasteiger partial charge on any atom is -0.471 e. The minimum atomic E-state index is -3.15. The van der Waals surface area contributed by atoms with Gasteiger partial charge in [0, 0.05) is 4.32 Å². The van der Waals surface area contributed by atoms with Crippen LogP contribution in [0.1, 0.15) is 19.3 Å². The van der Waals surface area contributed by atoms with E-state index in [1.54, 1.807) is 0 Å². The van der Waals surface area contributed by atoms with E-state index in [1.165, 1.54) is 18.6 Å². The largest absolute Gasteiger partial charge is 0.471 e. The van der Waals surface area contributed by atoms with Crippen LogP contribution in [0.4, 0.5) is 0 Å². The number of furan rings is 1. The van der Waals surface area contributed by atoms with Crippen molar-refractivity contribution in [3.63, 3.8) is 0 Å². The Kier molecular flexibility index (Phi) is 1.45. The van der Waals surface area contributed by atoms with Crippen LogP contribution in [0, 0.1) is 0 Å². The highest BCUT2D eigenvalue weighted by Gasteiger charge is 2.73. The van der Waals surface area contributed by atoms with Crippen LogP contribution in [-0.2, 0) is 9.84 Å². The molecule has 2 bridgehead atoms. The lowest BCUT2D eigenvalue weighted by molar-refractivity contribution is 0.0934. The normalized spacial score (nSPS) is 40.1. The van der Waals surface area contributed by atoms with E-state index >= 15 is 0 Å². The van der Waals surface area contributed by atoms with Crippen LogP contribution >= 0.6 is 15.9 Å². The van der Waals surface area contributed by atoms with Gasteiger partial charge < -0.3 is 4.42 Å². The molecule has 0 radical (unpaired) electrons. The second-order valence-electron chi connectivity index (χ2n) is 4.33. The summed E-state index contributed by atoms with van der Waals surface area (Å²) in [6.07, 6.45) is 4.95. The molecule has 0 spiro atoms. The van der Waals surface area contributed by atoms with E-state index in [9.17, 15) is 8.42 Å². The molecule has 3 saturated carbocycles. The van der Waals surface area contributed by atoms with E-state index in [4.69, 9.17) is 4.42 Å². The van der Waals surface area contributed by atoms with Crippen LogP contribution < -0.4 is 0 Å². The Morgan fingerprint density at radius 1 is 1.36 bits per heavy atom. The first-order chi connectivity index (χ1) is 6.48. The lowest BCUT2D eigenvalue weighted by Gasteiger charge is -2.66. The van der Waals surface area contributed by atoms with E-state index in [1.807, 2.05) is 0 Å². The maximum Gasteiger partial charge on any atom is 0.187 e. The van der Waals surface area contributed by atoms with Gasteiger partial charge in [-0.25, -0.2) is 8.42 Å². The summed E-state index contributed by atoms with van der Waals surface area (Å²) in [6.45, 7) is 0. The van der Waals surface area contributed by atoms with E-state index < -0.39 is 14.6 Å². The van der Waals surface area contributed by atoms with Crippen LogP contribution in [0.15, 0.2) is 27.9 Å². The molecule has 5 heteroatoms. The van der Waals surface area contributed by atoms with E-state index in [2.05, 4.69) is 15.9 Å². The summed E-state index contributed by atoms with van der Waals surface area (Å²) in [7, 11) is -3.15. The molecule has 14 heavy (non-hydrogen) atoms. The summed E-state index contributed by atoms with van der Waals surface area (Å²) in [6, 6.07) is 1.52. The summed E-state index contributed by atoms with van der Waals surface area (Å²) in [4.78, 5) is 0.326. The molecule has 0 aliphatic heterocycles. The summed E-state index contributed by atoms with van der Waals surface area (Å²) in [5.41, 5.74) is 0. The molecule has 1 aromatic rings. The number of rotatable bonds is 2. The van der Waals surface area contributed by atoms with Crippen LogP contribution in [0.5, 0.6) is 0 Å². The standard InChI is InChI=1S/C9H9BrO3S/c10-8-4-9(5-8,6-8)14(11,12)7-1-2-13-3-7/h1-3H,4-6H2. The third kappa shape index (κ3) is 0.852. The number of sulfone groups is 1. The first-order valence-corrected chi connectivity index (χ1v) is 6.71. The van der Waals surface area contributed by atoms with Crippen molar-refractivity contribution in [3.05, 3.63) is 18.6 Å². The fourth-order valence-corrected chi connectivity index (χ4v) is 7.00. The first-order valence-electron chi connectivity index (χ1n) is 4.43. The smallest absolute Gasteiger partial charge is 0.187 e. The molecule has 1 aromatic heterocycles. The molecule has 0 saturated heterocycles. The molecular formula is C9H9BrO3S. The number of halogens is 1. The molecule has 0 amide bonds. The fourth-order valence-electron chi connectivity index (χ4n) is 2.52. The van der Waals surface area contributed by atoms with Crippen molar-refractivity contribution in [2.24, 2.45) is 0 Å². The first kappa shape index (κ1) is 8.97. The number of hydrogen-bond donors (Lipinski definition) is 0. The van der Waals surface area contributed by atoms with Gasteiger partial charge in [0.15, 0.2) is 9.84 Å². The van der Waals surface area contributed by atoms with Crippen LogP contribution in [0.3, 0.4) is 0 Å². The van der Waals surface area contributed by atoms with Gasteiger partial charge in [0.1, 0.15) is 11.2 Å². The Labute approximate surface area is 90.5 Å². The van der Waals surface area contributed by atoms with Crippen molar-refractivity contribution in [1.82, 2.24) is 0 Å². The van der Waals surface area contributed by atoms with Crippen molar-refractivity contribution in [2.75, 3.05) is 0 Å². The Morgan fingerprint density at radius 3 is 2.43 bits per heavy atom. The Bertz CT molecular complexity index is 454. The van der Waals surface area contributed by atoms with Crippen LogP contribution in [-0.4, -0.2) is 17.5 Å². The summed E-state index contributed by atoms with van der Waals surface area (Å²) < 4.78 is 28.7. The van der Waals surface area contributed by atoms with Crippen LogP contribution in [0.2, 0.25) is 0 Å². The van der Waals surface area contributed by atoms with Gasteiger partial charge in [-0.1, -0.05) is 15.9 Å². The topological polar surface area (TPSA) is 47.3 Å². The molecule has 0 aromatic carbocycles. The highest BCUT2D eigenvalue weighted by atomic mass is 79.9. The fraction of sp³-hybridized carbons (Fsp3) is 0.556. The summed E-state index contributed by atoms with van der Waals surface area (Å²) in [5.74, 6) is 0. The number of alkyl halides is 1. The molecule has 4 rings (SSSR count). The van der Waals surface area contributed by atoms with Crippen molar-refractivity contribution >= 4 is 25.8 Å². The summed E-state index contributed by atoms with van der Waals surface area (Å²) >= 11 is 3.53. The molecular weight excluding hydrogens is 268 g/mol. The molecule has 1 heterocycles. The average Bonchev–Trinajstić information content (AvgIpc) is 2.48. The molecule has 3 fully saturated rings. The van der Waals surface area contributed by atoms with Gasteiger partial charge in [-0.3, -0.25) is 0 Å². The molecule has 3 aliphatic rings. The van der Waals surface area contributed by atoms with Crippen LogP contribution in [0.25, 0.3) is 0 Å². The lowest BCUT2D eigenvalue weighted by atomic mass is 9.55. The monoisotopic (exact) mass is 276 g/mol. The maximum absolute atomic E-state index is 12.1. The Hall–Kier alpha value is -0.290. The van der Waals surface area contributed by atoms with Gasteiger partial charge in [-0.15, -0.1) is 0 Å². The third-order valence-corrected chi connectivity index (χ3v) is 6.56. The Morgan fingerprint density at radius 2 is 2.00 bits per heavy atom. The predicted molar refractivity (Wildman–Crippen MR) is 54.1 cm³/mol. The van der Waals surface area contributed by atoms with E-state index in [0.717, 1.165) is 19.3 Å². The van der Waals surface area contributed by atoms with Crippen molar-refractivity contribution in [2.45, 2.75) is 33.2 Å². The molecule has 3 nitrogen and oxygen atoms in total.